The Hall–Kier alpha value is 0.0400. The van der Waals surface area contributed by atoms with Crippen LogP contribution in [-0.2, 0) is 6.18 Å². The van der Waals surface area contributed by atoms with E-state index in [9.17, 15) is 18.3 Å². The van der Waals surface area contributed by atoms with Crippen LogP contribution in [0, 0.1) is 0 Å². The van der Waals surface area contributed by atoms with Gasteiger partial charge in [0.15, 0.2) is 5.01 Å². The molecule has 1 N–H and O–H groups in total. The molecule has 0 fully saturated rings. The summed E-state index contributed by atoms with van der Waals surface area (Å²) in [6.45, 7) is 0. The molecule has 2 heterocycles. The zero-order chi connectivity index (χ0) is 13.5. The maximum atomic E-state index is 12.4. The van der Waals surface area contributed by atoms with E-state index in [0.717, 1.165) is 9.98 Å². The Bertz CT molecular complexity index is 566. The zero-order valence-corrected chi connectivity index (χ0v) is 13.1. The van der Waals surface area contributed by atoms with Crippen molar-refractivity contribution in [2.75, 3.05) is 0 Å². The summed E-state index contributed by atoms with van der Waals surface area (Å²) in [6, 6.07) is 1.66. The van der Waals surface area contributed by atoms with Crippen molar-refractivity contribution in [3.8, 4) is 0 Å². The third-order valence-corrected chi connectivity index (χ3v) is 5.49. The molecule has 0 aliphatic heterocycles. The van der Waals surface area contributed by atoms with E-state index in [1.165, 1.54) is 11.3 Å². The van der Waals surface area contributed by atoms with Gasteiger partial charge in [0.2, 0.25) is 0 Å². The maximum Gasteiger partial charge on any atom is 0.443 e. The Kier molecular flexibility index (Phi) is 4.17. The van der Waals surface area contributed by atoms with Crippen LogP contribution in [-0.4, -0.2) is 10.1 Å². The second-order valence-corrected chi connectivity index (χ2v) is 8.06. The minimum atomic E-state index is -4.48. The van der Waals surface area contributed by atoms with E-state index < -0.39 is 17.3 Å². The van der Waals surface area contributed by atoms with Crippen molar-refractivity contribution in [3.05, 3.63) is 35.3 Å². The van der Waals surface area contributed by atoms with Crippen molar-refractivity contribution >= 4 is 54.5 Å². The summed E-state index contributed by atoms with van der Waals surface area (Å²) in [5.41, 5.74) is 0.518. The molecule has 0 saturated heterocycles. The molecule has 0 spiro atoms. The molecule has 0 aromatic carbocycles. The number of thiazole rings is 1. The highest BCUT2D eigenvalue weighted by atomic mass is 79.9. The van der Waals surface area contributed by atoms with Crippen LogP contribution >= 0.6 is 54.5 Å². The fraction of sp³-hybridized carbons (Fsp3) is 0.222. The van der Waals surface area contributed by atoms with E-state index in [-0.39, 0.29) is 4.88 Å². The van der Waals surface area contributed by atoms with E-state index in [4.69, 9.17) is 0 Å². The summed E-state index contributed by atoms with van der Waals surface area (Å²) in [6.07, 6.45) is -4.54. The maximum absolute atomic E-state index is 12.4. The predicted molar refractivity (Wildman–Crippen MR) is 70.9 cm³/mol. The van der Waals surface area contributed by atoms with Gasteiger partial charge < -0.3 is 5.11 Å². The summed E-state index contributed by atoms with van der Waals surface area (Å²) in [4.78, 5) is 3.44. The van der Waals surface area contributed by atoms with Crippen LogP contribution in [0.15, 0.2) is 19.8 Å². The van der Waals surface area contributed by atoms with Crippen molar-refractivity contribution in [2.45, 2.75) is 12.3 Å². The largest absolute Gasteiger partial charge is 0.443 e. The number of aliphatic hydroxyl groups excluding tert-OH is 1. The van der Waals surface area contributed by atoms with Gasteiger partial charge >= 0.3 is 6.18 Å². The predicted octanol–water partition coefficient (Wildman–Crippen LogP) is 4.83. The molecule has 0 aliphatic carbocycles. The minimum absolute atomic E-state index is 0.160. The lowest BCUT2D eigenvalue weighted by Gasteiger charge is -2.06. The first-order valence-electron chi connectivity index (χ1n) is 4.44. The zero-order valence-electron chi connectivity index (χ0n) is 8.33. The normalized spacial score (nSPS) is 13.9. The molecule has 1 atom stereocenters. The topological polar surface area (TPSA) is 33.1 Å². The highest BCUT2D eigenvalue weighted by Gasteiger charge is 2.35. The molecule has 1 unspecified atom stereocenters. The molecule has 2 aromatic heterocycles. The lowest BCUT2D eigenvalue weighted by Crippen LogP contribution is -2.03. The Morgan fingerprint density at radius 1 is 1.28 bits per heavy atom. The molecular formula is C9H4Br2F3NOS2. The summed E-state index contributed by atoms with van der Waals surface area (Å²) >= 11 is 8.28. The first-order valence-corrected chi connectivity index (χ1v) is 7.66. The van der Waals surface area contributed by atoms with Crippen molar-refractivity contribution in [3.63, 3.8) is 0 Å². The number of hydrogen-bond acceptors (Lipinski definition) is 4. The van der Waals surface area contributed by atoms with Gasteiger partial charge in [-0.3, -0.25) is 0 Å². The molecule has 0 saturated carbocycles. The monoisotopic (exact) mass is 421 g/mol. The van der Waals surface area contributed by atoms with Crippen LogP contribution < -0.4 is 0 Å². The van der Waals surface area contributed by atoms with Crippen LogP contribution in [0.4, 0.5) is 13.2 Å². The Morgan fingerprint density at radius 2 is 1.94 bits per heavy atom. The molecule has 2 rings (SSSR count). The molecule has 2 nitrogen and oxygen atoms in total. The quantitative estimate of drug-likeness (QED) is 0.751. The summed E-state index contributed by atoms with van der Waals surface area (Å²) in [5.74, 6) is 0. The molecule has 0 radical (unpaired) electrons. The first-order chi connectivity index (χ1) is 8.29. The van der Waals surface area contributed by atoms with Gasteiger partial charge in [-0.15, -0.1) is 22.7 Å². The molecule has 0 bridgehead atoms. The first kappa shape index (κ1) is 14.4. The lowest BCUT2D eigenvalue weighted by atomic mass is 10.2. The highest BCUT2D eigenvalue weighted by molar-refractivity contribution is 9.12. The summed E-state index contributed by atoms with van der Waals surface area (Å²) in [5, 5.41) is 9.07. The fourth-order valence-electron chi connectivity index (χ4n) is 1.24. The van der Waals surface area contributed by atoms with Crippen LogP contribution in [0.3, 0.4) is 0 Å². The molecular weight excluding hydrogens is 419 g/mol. The third kappa shape index (κ3) is 2.96. The van der Waals surface area contributed by atoms with Gasteiger partial charge in [0.1, 0.15) is 6.10 Å². The highest BCUT2D eigenvalue weighted by Crippen LogP contribution is 2.41. The van der Waals surface area contributed by atoms with Gasteiger partial charge in [0, 0.05) is 11.8 Å². The summed E-state index contributed by atoms with van der Waals surface area (Å²) < 4.78 is 38.7. The molecule has 0 amide bonds. The van der Waals surface area contributed by atoms with Gasteiger partial charge in [0.05, 0.1) is 12.4 Å². The summed E-state index contributed by atoms with van der Waals surface area (Å²) in [7, 11) is 0. The van der Waals surface area contributed by atoms with E-state index in [1.807, 2.05) is 0 Å². The lowest BCUT2D eigenvalue weighted by molar-refractivity contribution is -0.137. The minimum Gasteiger partial charge on any atom is -0.383 e. The standard InChI is InChI=1S/C9H4Br2F3NOS2/c10-5-1-3(7(11)18-5)6(16)4-2-15-8(17-4)9(12,13)14/h1-2,6,16H. The van der Waals surface area contributed by atoms with Crippen molar-refractivity contribution in [2.24, 2.45) is 0 Å². The van der Waals surface area contributed by atoms with Crippen LogP contribution in [0.2, 0.25) is 0 Å². The molecule has 2 aromatic rings. The second-order valence-electron chi connectivity index (χ2n) is 3.25. The third-order valence-electron chi connectivity index (χ3n) is 2.01. The second kappa shape index (κ2) is 5.20. The molecule has 98 valence electrons. The smallest absolute Gasteiger partial charge is 0.383 e. The van der Waals surface area contributed by atoms with Crippen LogP contribution in [0.1, 0.15) is 21.6 Å². The Balaban J connectivity index is 2.32. The van der Waals surface area contributed by atoms with E-state index in [2.05, 4.69) is 36.8 Å². The number of rotatable bonds is 2. The van der Waals surface area contributed by atoms with Crippen molar-refractivity contribution in [1.82, 2.24) is 4.98 Å². The number of hydrogen-bond donors (Lipinski definition) is 1. The fourth-order valence-corrected chi connectivity index (χ4v) is 4.91. The van der Waals surface area contributed by atoms with Gasteiger partial charge in [-0.25, -0.2) is 4.98 Å². The van der Waals surface area contributed by atoms with Crippen LogP contribution in [0.5, 0.6) is 0 Å². The number of alkyl halides is 3. The van der Waals surface area contributed by atoms with Crippen LogP contribution in [0.25, 0.3) is 0 Å². The number of nitrogens with zero attached hydrogens (tertiary/aromatic N) is 1. The van der Waals surface area contributed by atoms with E-state index >= 15 is 0 Å². The number of aromatic nitrogens is 1. The SMILES string of the molecule is OC(c1cnc(C(F)(F)F)s1)c1cc(Br)sc1Br. The molecule has 9 heteroatoms. The van der Waals surface area contributed by atoms with Gasteiger partial charge in [-0.2, -0.15) is 13.2 Å². The van der Waals surface area contributed by atoms with Crippen molar-refractivity contribution < 1.29 is 18.3 Å². The van der Waals surface area contributed by atoms with E-state index in [1.54, 1.807) is 6.07 Å². The van der Waals surface area contributed by atoms with Crippen molar-refractivity contribution in [1.29, 1.82) is 0 Å². The number of thiophene rings is 1. The van der Waals surface area contributed by atoms with Gasteiger partial charge in [0.25, 0.3) is 0 Å². The Morgan fingerprint density at radius 3 is 2.39 bits per heavy atom. The average molecular weight is 423 g/mol. The number of halogens is 5. The Labute approximate surface area is 125 Å². The average Bonchev–Trinajstić information content (AvgIpc) is 2.83. The molecule has 0 aliphatic rings. The molecule has 18 heavy (non-hydrogen) atoms. The van der Waals surface area contributed by atoms with Gasteiger partial charge in [-0.05, 0) is 37.9 Å². The number of aliphatic hydroxyl groups is 1. The van der Waals surface area contributed by atoms with Gasteiger partial charge in [-0.1, -0.05) is 0 Å². The van der Waals surface area contributed by atoms with E-state index in [0.29, 0.717) is 20.7 Å².